The van der Waals surface area contributed by atoms with Gasteiger partial charge in [-0.2, -0.15) is 8.78 Å². The van der Waals surface area contributed by atoms with Crippen LogP contribution in [0.3, 0.4) is 0 Å². The van der Waals surface area contributed by atoms with E-state index in [9.17, 15) is 13.3 Å². The Hall–Kier alpha value is -1.39. The molecule has 0 aliphatic carbocycles. The minimum atomic E-state index is -2.94. The molecule has 0 aromatic heterocycles. The van der Waals surface area contributed by atoms with Gasteiger partial charge in [0.25, 0.3) is 0 Å². The Morgan fingerprint density at radius 1 is 1.25 bits per heavy atom. The summed E-state index contributed by atoms with van der Waals surface area (Å²) in [6.45, 7) is -2.94. The Balaban J connectivity index is 2.82. The molecule has 0 radical (unpaired) electrons. The molecule has 0 saturated heterocycles. The number of hydrogen-bond acceptors (Lipinski definition) is 2. The molecule has 1 N–H and O–H groups in total. The van der Waals surface area contributed by atoms with Crippen molar-refractivity contribution in [3.63, 3.8) is 0 Å². The van der Waals surface area contributed by atoms with Crippen LogP contribution in [-0.4, -0.2) is 6.61 Å². The van der Waals surface area contributed by atoms with Crippen molar-refractivity contribution in [2.75, 3.05) is 5.54 Å². The fourth-order valence-electron chi connectivity index (χ4n) is 0.743. The van der Waals surface area contributed by atoms with Gasteiger partial charge in [-0.05, 0) is 12.1 Å². The Labute approximate surface area is 66.9 Å². The van der Waals surface area contributed by atoms with Crippen molar-refractivity contribution in [3.05, 3.63) is 24.3 Å². The van der Waals surface area contributed by atoms with Gasteiger partial charge in [0.2, 0.25) is 0 Å². The third kappa shape index (κ3) is 2.05. The predicted octanol–water partition coefficient (Wildman–Crippen LogP) is 2.58. The zero-order valence-corrected chi connectivity index (χ0v) is 5.93. The van der Waals surface area contributed by atoms with E-state index in [0.717, 1.165) is 0 Å². The van der Waals surface area contributed by atoms with Gasteiger partial charge in [-0.3, -0.25) is 0 Å². The maximum absolute atomic E-state index is 11.9. The van der Waals surface area contributed by atoms with E-state index in [1.54, 1.807) is 0 Å². The average Bonchev–Trinajstić information content (AvgIpc) is 2.04. The summed E-state index contributed by atoms with van der Waals surface area (Å²) in [5, 5.41) is 0. The Morgan fingerprint density at radius 3 is 2.50 bits per heavy atom. The van der Waals surface area contributed by atoms with Crippen molar-refractivity contribution in [2.24, 2.45) is 0 Å². The molecule has 66 valence electrons. The van der Waals surface area contributed by atoms with Crippen LogP contribution in [0.25, 0.3) is 0 Å². The molecule has 0 saturated carbocycles. The van der Waals surface area contributed by atoms with E-state index >= 15 is 0 Å². The molecule has 0 bridgehead atoms. The highest BCUT2D eigenvalue weighted by atomic mass is 19.3. The number of rotatable bonds is 3. The molecule has 0 fully saturated rings. The predicted molar refractivity (Wildman–Crippen MR) is 37.8 cm³/mol. The topological polar surface area (TPSA) is 21.3 Å². The van der Waals surface area contributed by atoms with Crippen LogP contribution in [0.15, 0.2) is 24.3 Å². The van der Waals surface area contributed by atoms with Gasteiger partial charge in [0.15, 0.2) is 5.75 Å². The van der Waals surface area contributed by atoms with Crippen LogP contribution in [0.1, 0.15) is 0 Å². The number of anilines is 1. The van der Waals surface area contributed by atoms with Crippen LogP contribution in [0.2, 0.25) is 0 Å². The first-order valence-corrected chi connectivity index (χ1v) is 3.14. The van der Waals surface area contributed by atoms with Crippen LogP contribution in [0.5, 0.6) is 5.75 Å². The molecule has 0 heterocycles. The molecule has 1 aromatic carbocycles. The average molecular weight is 177 g/mol. The van der Waals surface area contributed by atoms with Crippen molar-refractivity contribution < 1.29 is 18.0 Å². The maximum Gasteiger partial charge on any atom is 0.387 e. The highest BCUT2D eigenvalue weighted by Crippen LogP contribution is 2.25. The summed E-state index contributed by atoms with van der Waals surface area (Å²) in [4.78, 5) is 0. The van der Waals surface area contributed by atoms with Gasteiger partial charge in [-0.25, -0.2) is 5.54 Å². The molecule has 12 heavy (non-hydrogen) atoms. The van der Waals surface area contributed by atoms with E-state index in [2.05, 4.69) is 4.74 Å². The Morgan fingerprint density at radius 2 is 1.92 bits per heavy atom. The first kappa shape index (κ1) is 8.70. The molecule has 0 unspecified atom stereocenters. The molecular weight excluding hydrogens is 171 g/mol. The summed E-state index contributed by atoms with van der Waals surface area (Å²) in [6, 6.07) is 5.50. The van der Waals surface area contributed by atoms with Crippen LogP contribution in [-0.2, 0) is 0 Å². The highest BCUT2D eigenvalue weighted by molar-refractivity contribution is 5.54. The van der Waals surface area contributed by atoms with Gasteiger partial charge in [0.05, 0.1) is 0 Å². The van der Waals surface area contributed by atoms with Gasteiger partial charge < -0.3 is 4.74 Å². The third-order valence-electron chi connectivity index (χ3n) is 1.20. The van der Waals surface area contributed by atoms with Gasteiger partial charge in [-0.15, -0.1) is 4.48 Å². The summed E-state index contributed by atoms with van der Waals surface area (Å²) < 4.78 is 39.2. The van der Waals surface area contributed by atoms with Crippen LogP contribution < -0.4 is 10.3 Å². The number of benzene rings is 1. The zero-order valence-electron chi connectivity index (χ0n) is 5.93. The van der Waals surface area contributed by atoms with Crippen molar-refractivity contribution in [3.8, 4) is 5.75 Å². The van der Waals surface area contributed by atoms with E-state index in [-0.39, 0.29) is 11.4 Å². The molecule has 0 amide bonds. The lowest BCUT2D eigenvalue weighted by Crippen LogP contribution is -2.03. The van der Waals surface area contributed by atoms with E-state index in [4.69, 9.17) is 0 Å². The van der Waals surface area contributed by atoms with Crippen molar-refractivity contribution in [1.29, 1.82) is 0 Å². The number of hydrogen-bond donors (Lipinski definition) is 1. The molecule has 0 aliphatic heterocycles. The molecule has 0 spiro atoms. The monoisotopic (exact) mass is 177 g/mol. The lowest BCUT2D eigenvalue weighted by molar-refractivity contribution is -0.0494. The van der Waals surface area contributed by atoms with Crippen molar-refractivity contribution in [2.45, 2.75) is 6.61 Å². The first-order valence-electron chi connectivity index (χ1n) is 3.14. The lowest BCUT2D eigenvalue weighted by Gasteiger charge is -2.07. The minimum absolute atomic E-state index is 0.113. The summed E-state index contributed by atoms with van der Waals surface area (Å²) in [7, 11) is 0. The van der Waals surface area contributed by atoms with Crippen LogP contribution in [0.4, 0.5) is 18.9 Å². The number of alkyl halides is 2. The molecular formula is C7H6F3NO. The smallest absolute Gasteiger partial charge is 0.387 e. The largest absolute Gasteiger partial charge is 0.433 e. The normalized spacial score (nSPS) is 10.0. The first-order chi connectivity index (χ1) is 5.74. The number of para-hydroxylation sites is 2. The molecule has 5 heteroatoms. The van der Waals surface area contributed by atoms with Gasteiger partial charge in [0.1, 0.15) is 5.69 Å². The minimum Gasteiger partial charge on any atom is -0.433 e. The van der Waals surface area contributed by atoms with Crippen LogP contribution >= 0.6 is 0 Å². The van der Waals surface area contributed by atoms with Crippen LogP contribution in [0, 0.1) is 0 Å². The number of ether oxygens (including phenoxy) is 1. The van der Waals surface area contributed by atoms with E-state index in [0.29, 0.717) is 0 Å². The fourth-order valence-corrected chi connectivity index (χ4v) is 0.743. The summed E-state index contributed by atoms with van der Waals surface area (Å²) in [5.74, 6) is -0.213. The summed E-state index contributed by atoms with van der Waals surface area (Å²) in [5.41, 5.74) is 1.13. The maximum atomic E-state index is 11.9. The van der Waals surface area contributed by atoms with E-state index < -0.39 is 6.61 Å². The molecule has 1 rings (SSSR count). The molecule has 1 aromatic rings. The SMILES string of the molecule is FNc1ccccc1OC(F)F. The Bertz CT molecular complexity index is 254. The molecule has 2 nitrogen and oxygen atoms in total. The fraction of sp³-hybridized carbons (Fsp3) is 0.143. The molecule has 0 aliphatic rings. The second-order valence-corrected chi connectivity index (χ2v) is 1.97. The van der Waals surface area contributed by atoms with Gasteiger partial charge in [-0.1, -0.05) is 12.1 Å². The lowest BCUT2D eigenvalue weighted by atomic mass is 10.3. The molecule has 0 atom stereocenters. The van der Waals surface area contributed by atoms with Gasteiger partial charge >= 0.3 is 6.61 Å². The van der Waals surface area contributed by atoms with Gasteiger partial charge in [0, 0.05) is 0 Å². The summed E-state index contributed by atoms with van der Waals surface area (Å²) >= 11 is 0. The zero-order chi connectivity index (χ0) is 8.97. The Kier molecular flexibility index (Phi) is 2.79. The quantitative estimate of drug-likeness (QED) is 0.716. The summed E-state index contributed by atoms with van der Waals surface area (Å²) in [6.07, 6.45) is 0. The number of halogens is 3. The van der Waals surface area contributed by atoms with E-state index in [1.807, 2.05) is 0 Å². The highest BCUT2D eigenvalue weighted by Gasteiger charge is 2.07. The van der Waals surface area contributed by atoms with E-state index in [1.165, 1.54) is 29.8 Å². The second kappa shape index (κ2) is 3.85. The number of nitrogens with one attached hydrogen (secondary N) is 1. The second-order valence-electron chi connectivity index (χ2n) is 1.97. The van der Waals surface area contributed by atoms with Crippen molar-refractivity contribution >= 4 is 5.69 Å². The third-order valence-corrected chi connectivity index (χ3v) is 1.20. The van der Waals surface area contributed by atoms with Crippen molar-refractivity contribution in [1.82, 2.24) is 0 Å². The standard InChI is InChI=1S/C7H6F3NO/c8-7(9)12-6-4-2-1-3-5(6)11-10/h1-4,7,11H.